The summed E-state index contributed by atoms with van der Waals surface area (Å²) in [7, 11) is 0. The molecule has 0 aliphatic rings. The van der Waals surface area contributed by atoms with Crippen LogP contribution in [0.3, 0.4) is 0 Å². The number of hydrogen-bond acceptors (Lipinski definition) is 1. The highest BCUT2D eigenvalue weighted by molar-refractivity contribution is 5.60. The molecule has 1 heterocycles. The normalized spacial score (nSPS) is 10.3. The lowest BCUT2D eigenvalue weighted by Crippen LogP contribution is -1.91. The molecule has 2 rings (SSSR count). The monoisotopic (exact) mass is 205 g/mol. The van der Waals surface area contributed by atoms with Crippen molar-refractivity contribution in [3.05, 3.63) is 53.7 Å². The number of hydrogen-bond donors (Lipinski definition) is 0. The molecule has 0 atom stereocenters. The summed E-state index contributed by atoms with van der Waals surface area (Å²) in [4.78, 5) is 3.64. The van der Waals surface area contributed by atoms with Crippen LogP contribution in [0.1, 0.15) is 5.56 Å². The Morgan fingerprint density at radius 1 is 1.07 bits per heavy atom. The lowest BCUT2D eigenvalue weighted by Gasteiger charge is -2.03. The molecule has 0 radical (unpaired) electrons. The quantitative estimate of drug-likeness (QED) is 0.650. The zero-order valence-electron chi connectivity index (χ0n) is 8.17. The molecule has 1 nitrogen and oxygen atoms in total. The van der Waals surface area contributed by atoms with Crippen LogP contribution in [0.2, 0.25) is 0 Å². The number of aromatic nitrogens is 1. The number of benzene rings is 1. The van der Waals surface area contributed by atoms with E-state index in [1.807, 2.05) is 6.92 Å². The van der Waals surface area contributed by atoms with Crippen molar-refractivity contribution >= 4 is 0 Å². The minimum Gasteiger partial charge on any atom is -0.220 e. The first-order valence-corrected chi connectivity index (χ1v) is 4.56. The third kappa shape index (κ3) is 2.01. The van der Waals surface area contributed by atoms with E-state index in [4.69, 9.17) is 0 Å². The molecular formula is C12H9F2N. The van der Waals surface area contributed by atoms with E-state index in [1.165, 1.54) is 18.2 Å². The van der Waals surface area contributed by atoms with E-state index in [-0.39, 0.29) is 0 Å². The van der Waals surface area contributed by atoms with E-state index in [0.717, 1.165) is 5.56 Å². The van der Waals surface area contributed by atoms with E-state index in [1.54, 1.807) is 18.2 Å². The molecule has 3 heteroatoms. The summed E-state index contributed by atoms with van der Waals surface area (Å²) in [5, 5.41) is 0. The molecule has 0 aliphatic heterocycles. The zero-order chi connectivity index (χ0) is 10.8. The maximum atomic E-state index is 13.4. The molecule has 0 bridgehead atoms. The fourth-order valence-electron chi connectivity index (χ4n) is 1.39. The minimum atomic E-state index is -0.603. The molecule has 1 aromatic carbocycles. The first-order valence-electron chi connectivity index (χ1n) is 4.56. The average Bonchev–Trinajstić information content (AvgIpc) is 2.22. The van der Waals surface area contributed by atoms with Gasteiger partial charge in [0.1, 0.15) is 5.82 Å². The average molecular weight is 205 g/mol. The Balaban J connectivity index is 2.58. The van der Waals surface area contributed by atoms with Gasteiger partial charge in [0.05, 0.1) is 5.69 Å². The molecule has 0 unspecified atom stereocenters. The van der Waals surface area contributed by atoms with E-state index in [0.29, 0.717) is 11.3 Å². The van der Waals surface area contributed by atoms with Gasteiger partial charge in [-0.05, 0) is 31.2 Å². The molecule has 0 aliphatic carbocycles. The van der Waals surface area contributed by atoms with Gasteiger partial charge in [-0.25, -0.2) is 9.37 Å². The predicted molar refractivity (Wildman–Crippen MR) is 54.3 cm³/mol. The van der Waals surface area contributed by atoms with Crippen LogP contribution in [-0.2, 0) is 0 Å². The smallest absolute Gasteiger partial charge is 0.213 e. The molecule has 1 aromatic heterocycles. The van der Waals surface area contributed by atoms with Crippen molar-refractivity contribution in [2.45, 2.75) is 6.92 Å². The van der Waals surface area contributed by atoms with Crippen molar-refractivity contribution in [3.63, 3.8) is 0 Å². The van der Waals surface area contributed by atoms with Crippen molar-refractivity contribution in [3.8, 4) is 11.3 Å². The number of nitrogens with zero attached hydrogens (tertiary/aromatic N) is 1. The van der Waals surface area contributed by atoms with Gasteiger partial charge < -0.3 is 0 Å². The molecule has 2 aromatic rings. The van der Waals surface area contributed by atoms with Crippen molar-refractivity contribution in [1.29, 1.82) is 0 Å². The maximum absolute atomic E-state index is 13.4. The summed E-state index contributed by atoms with van der Waals surface area (Å²) >= 11 is 0. The highest BCUT2D eigenvalue weighted by Gasteiger charge is 2.06. The van der Waals surface area contributed by atoms with Crippen LogP contribution >= 0.6 is 0 Å². The van der Waals surface area contributed by atoms with Gasteiger partial charge >= 0.3 is 0 Å². The summed E-state index contributed by atoms with van der Waals surface area (Å²) in [6, 6.07) is 9.00. The Hall–Kier alpha value is -1.77. The highest BCUT2D eigenvalue weighted by atomic mass is 19.1. The fourth-order valence-corrected chi connectivity index (χ4v) is 1.39. The van der Waals surface area contributed by atoms with Gasteiger partial charge in [-0.1, -0.05) is 17.7 Å². The molecule has 76 valence electrons. The van der Waals surface area contributed by atoms with Crippen molar-refractivity contribution < 1.29 is 8.78 Å². The van der Waals surface area contributed by atoms with Gasteiger partial charge in [0.15, 0.2) is 0 Å². The lowest BCUT2D eigenvalue weighted by molar-refractivity contribution is 0.583. The summed E-state index contributed by atoms with van der Waals surface area (Å²) < 4.78 is 26.3. The Bertz CT molecular complexity index is 495. The van der Waals surface area contributed by atoms with Crippen molar-refractivity contribution in [2.24, 2.45) is 0 Å². The SMILES string of the molecule is Cc1ccc(F)c(-c2cccc(F)n2)c1. The molecule has 0 N–H and O–H groups in total. The second-order valence-corrected chi connectivity index (χ2v) is 3.33. The predicted octanol–water partition coefficient (Wildman–Crippen LogP) is 3.34. The summed E-state index contributed by atoms with van der Waals surface area (Å²) in [5.74, 6) is -0.993. The van der Waals surface area contributed by atoms with Crippen LogP contribution < -0.4 is 0 Å². The highest BCUT2D eigenvalue weighted by Crippen LogP contribution is 2.21. The van der Waals surface area contributed by atoms with Crippen LogP contribution in [0, 0.1) is 18.7 Å². The topological polar surface area (TPSA) is 12.9 Å². The molecule has 0 amide bonds. The van der Waals surface area contributed by atoms with Crippen LogP contribution in [0.5, 0.6) is 0 Å². The second kappa shape index (κ2) is 3.77. The van der Waals surface area contributed by atoms with E-state index >= 15 is 0 Å². The molecule has 0 saturated carbocycles. The Morgan fingerprint density at radius 2 is 1.87 bits per heavy atom. The first kappa shape index (κ1) is 9.77. The third-order valence-electron chi connectivity index (χ3n) is 2.11. The van der Waals surface area contributed by atoms with E-state index < -0.39 is 11.8 Å². The van der Waals surface area contributed by atoms with Crippen molar-refractivity contribution in [2.75, 3.05) is 0 Å². The minimum absolute atomic E-state index is 0.316. The Morgan fingerprint density at radius 3 is 2.60 bits per heavy atom. The molecular weight excluding hydrogens is 196 g/mol. The van der Waals surface area contributed by atoms with Gasteiger partial charge in [0, 0.05) is 5.56 Å². The van der Waals surface area contributed by atoms with Crippen LogP contribution in [0.15, 0.2) is 36.4 Å². The van der Waals surface area contributed by atoms with Gasteiger partial charge in [0.2, 0.25) is 5.95 Å². The summed E-state index contributed by atoms with van der Waals surface area (Å²) in [6.07, 6.45) is 0. The fraction of sp³-hybridized carbons (Fsp3) is 0.0833. The Kier molecular flexibility index (Phi) is 2.46. The number of rotatable bonds is 1. The lowest BCUT2D eigenvalue weighted by atomic mass is 10.1. The molecule has 0 fully saturated rings. The second-order valence-electron chi connectivity index (χ2n) is 3.33. The van der Waals surface area contributed by atoms with Gasteiger partial charge in [-0.2, -0.15) is 4.39 Å². The summed E-state index contributed by atoms with van der Waals surface area (Å²) in [5.41, 5.74) is 1.56. The molecule has 0 saturated heterocycles. The number of aryl methyl sites for hydroxylation is 1. The number of pyridine rings is 1. The first-order chi connectivity index (χ1) is 7.16. The van der Waals surface area contributed by atoms with Gasteiger partial charge in [0.25, 0.3) is 0 Å². The summed E-state index contributed by atoms with van der Waals surface area (Å²) in [6.45, 7) is 1.85. The standard InChI is InChI=1S/C12H9F2N/c1-8-5-6-10(13)9(7-8)11-3-2-4-12(14)15-11/h2-7H,1H3. The van der Waals surface area contributed by atoms with Crippen molar-refractivity contribution in [1.82, 2.24) is 4.98 Å². The Labute approximate surface area is 86.4 Å². The van der Waals surface area contributed by atoms with E-state index in [2.05, 4.69) is 4.98 Å². The number of halogens is 2. The third-order valence-corrected chi connectivity index (χ3v) is 2.11. The zero-order valence-corrected chi connectivity index (χ0v) is 8.17. The molecule has 0 spiro atoms. The van der Waals surface area contributed by atoms with Gasteiger partial charge in [-0.15, -0.1) is 0 Å². The molecule has 15 heavy (non-hydrogen) atoms. The van der Waals surface area contributed by atoms with Crippen LogP contribution in [0.25, 0.3) is 11.3 Å². The van der Waals surface area contributed by atoms with Crippen LogP contribution in [-0.4, -0.2) is 4.98 Å². The maximum Gasteiger partial charge on any atom is 0.213 e. The van der Waals surface area contributed by atoms with E-state index in [9.17, 15) is 8.78 Å². The van der Waals surface area contributed by atoms with Crippen LogP contribution in [0.4, 0.5) is 8.78 Å². The largest absolute Gasteiger partial charge is 0.220 e. The van der Waals surface area contributed by atoms with Gasteiger partial charge in [-0.3, -0.25) is 0 Å².